The van der Waals surface area contributed by atoms with Crippen LogP contribution >= 0.6 is 0 Å². The maximum atomic E-state index is 11.3. The molecule has 0 saturated heterocycles. The molecule has 6 nitrogen and oxygen atoms in total. The number of sulfonamides is 1. The van der Waals surface area contributed by atoms with E-state index in [-0.39, 0.29) is 11.6 Å². The number of carbonyl (C=O) groups excluding carboxylic acids is 1. The van der Waals surface area contributed by atoms with Gasteiger partial charge in [0.15, 0.2) is 5.03 Å². The summed E-state index contributed by atoms with van der Waals surface area (Å²) in [5, 5.41) is 2.03. The van der Waals surface area contributed by atoms with Crippen LogP contribution < -0.4 is 11.1 Å². The third-order valence-electron chi connectivity index (χ3n) is 1.53. The molecule has 78 valence electrons. The van der Waals surface area contributed by atoms with Crippen molar-refractivity contribution in [1.29, 1.82) is 0 Å². The van der Waals surface area contributed by atoms with E-state index in [2.05, 4.69) is 9.71 Å². The Kier molecular flexibility index (Phi) is 2.61. The minimum Gasteiger partial charge on any atom is -0.387 e. The maximum absolute atomic E-state index is 11.3. The highest BCUT2D eigenvalue weighted by atomic mass is 32.2. The van der Waals surface area contributed by atoms with Crippen molar-refractivity contribution >= 4 is 22.1 Å². The van der Waals surface area contributed by atoms with Crippen LogP contribution in [0.1, 0.15) is 13.8 Å². The van der Waals surface area contributed by atoms with Crippen LogP contribution in [0.25, 0.3) is 0 Å². The Morgan fingerprint density at radius 2 is 2.14 bits per heavy atom. The molecule has 0 aromatic rings. The van der Waals surface area contributed by atoms with Crippen molar-refractivity contribution in [3.63, 3.8) is 0 Å². The van der Waals surface area contributed by atoms with E-state index in [1.54, 1.807) is 13.8 Å². The third kappa shape index (κ3) is 1.92. The predicted molar refractivity (Wildman–Crippen MR) is 51.9 cm³/mol. The summed E-state index contributed by atoms with van der Waals surface area (Å²) in [4.78, 5) is 11.3. The summed E-state index contributed by atoms with van der Waals surface area (Å²) in [5.41, 5.74) is 5.14. The van der Waals surface area contributed by atoms with Gasteiger partial charge in [-0.3, -0.25) is 4.79 Å². The number of amides is 1. The smallest absolute Gasteiger partial charge is 0.298 e. The van der Waals surface area contributed by atoms with E-state index in [9.17, 15) is 13.2 Å². The van der Waals surface area contributed by atoms with Gasteiger partial charge in [-0.25, -0.2) is 0 Å². The van der Waals surface area contributed by atoms with Crippen LogP contribution in [-0.2, 0) is 14.8 Å². The van der Waals surface area contributed by atoms with Crippen molar-refractivity contribution in [1.82, 2.24) is 5.32 Å². The summed E-state index contributed by atoms with van der Waals surface area (Å²) in [6.45, 7) is 3.52. The van der Waals surface area contributed by atoms with Crippen molar-refractivity contribution in [3.8, 4) is 0 Å². The molecule has 0 fully saturated rings. The third-order valence-corrected chi connectivity index (χ3v) is 2.69. The Labute approximate surface area is 81.9 Å². The molecule has 0 saturated carbocycles. The molecule has 1 amide bonds. The SMILES string of the molecule is CC(C)NC(=O)C1=C(N)S(=O)(=O)N=C1. The van der Waals surface area contributed by atoms with Gasteiger partial charge < -0.3 is 11.1 Å². The zero-order chi connectivity index (χ0) is 10.9. The predicted octanol–water partition coefficient (Wildman–Crippen LogP) is -0.904. The van der Waals surface area contributed by atoms with Crippen molar-refractivity contribution in [2.75, 3.05) is 0 Å². The molecule has 0 unspecified atom stereocenters. The summed E-state index contributed by atoms with van der Waals surface area (Å²) in [6.07, 6.45) is 0.961. The number of carbonyl (C=O) groups is 1. The van der Waals surface area contributed by atoms with Gasteiger partial charge in [0.1, 0.15) is 0 Å². The molecule has 7 heteroatoms. The van der Waals surface area contributed by atoms with Gasteiger partial charge in [-0.05, 0) is 13.8 Å². The summed E-state index contributed by atoms with van der Waals surface area (Å²) >= 11 is 0. The van der Waals surface area contributed by atoms with Gasteiger partial charge in [0.2, 0.25) is 0 Å². The molecule has 0 atom stereocenters. The second kappa shape index (κ2) is 3.41. The highest BCUT2D eigenvalue weighted by Crippen LogP contribution is 2.14. The zero-order valence-corrected chi connectivity index (χ0v) is 8.63. The molecule has 0 spiro atoms. The molecular weight excluding hydrogens is 206 g/mol. The molecule has 0 bridgehead atoms. The van der Waals surface area contributed by atoms with Crippen molar-refractivity contribution in [2.45, 2.75) is 19.9 Å². The normalized spacial score (nSPS) is 19.1. The van der Waals surface area contributed by atoms with Crippen molar-refractivity contribution in [2.24, 2.45) is 10.1 Å². The van der Waals surface area contributed by atoms with E-state index in [1.165, 1.54) is 0 Å². The Bertz CT molecular complexity index is 419. The molecule has 0 aliphatic carbocycles. The first-order chi connectivity index (χ1) is 6.34. The van der Waals surface area contributed by atoms with Crippen LogP contribution in [0.4, 0.5) is 0 Å². The van der Waals surface area contributed by atoms with Gasteiger partial charge in [-0.1, -0.05) is 0 Å². The van der Waals surface area contributed by atoms with Gasteiger partial charge >= 0.3 is 0 Å². The van der Waals surface area contributed by atoms with Gasteiger partial charge in [0.05, 0.1) is 11.8 Å². The van der Waals surface area contributed by atoms with E-state index in [0.717, 1.165) is 6.21 Å². The van der Waals surface area contributed by atoms with Gasteiger partial charge in [0.25, 0.3) is 15.9 Å². The standard InChI is InChI=1S/C7H11N3O3S/c1-4(2)10-7(11)5-3-9-14(12,13)6(5)8/h3-4H,8H2,1-2H3,(H,10,11). The number of hydrogen-bond donors (Lipinski definition) is 2. The fraction of sp³-hybridized carbons (Fsp3) is 0.429. The average Bonchev–Trinajstić information content (AvgIpc) is 2.26. The first-order valence-electron chi connectivity index (χ1n) is 3.95. The lowest BCUT2D eigenvalue weighted by atomic mass is 10.2. The lowest BCUT2D eigenvalue weighted by Gasteiger charge is -2.07. The number of rotatable bonds is 2. The van der Waals surface area contributed by atoms with Crippen LogP contribution in [-0.4, -0.2) is 26.6 Å². The Morgan fingerprint density at radius 3 is 2.50 bits per heavy atom. The van der Waals surface area contributed by atoms with Gasteiger partial charge in [0, 0.05) is 6.04 Å². The fourth-order valence-electron chi connectivity index (χ4n) is 0.892. The highest BCUT2D eigenvalue weighted by Gasteiger charge is 2.27. The van der Waals surface area contributed by atoms with Crippen molar-refractivity contribution < 1.29 is 13.2 Å². The molecular formula is C7H11N3O3S. The van der Waals surface area contributed by atoms with Crippen LogP contribution in [0.3, 0.4) is 0 Å². The molecule has 3 N–H and O–H groups in total. The minimum absolute atomic E-state index is 0.0838. The molecule has 1 heterocycles. The molecule has 1 aliphatic heterocycles. The van der Waals surface area contributed by atoms with Gasteiger partial charge in [-0.15, -0.1) is 0 Å². The molecule has 1 rings (SSSR count). The number of nitrogens with zero attached hydrogens (tertiary/aromatic N) is 1. The second-order valence-electron chi connectivity index (χ2n) is 3.12. The lowest BCUT2D eigenvalue weighted by Crippen LogP contribution is -2.32. The van der Waals surface area contributed by atoms with Gasteiger partial charge in [-0.2, -0.15) is 12.8 Å². The Hall–Kier alpha value is -1.37. The quantitative estimate of drug-likeness (QED) is 0.625. The van der Waals surface area contributed by atoms with Crippen molar-refractivity contribution in [3.05, 3.63) is 10.6 Å². The van der Waals surface area contributed by atoms with Crippen LogP contribution in [0.2, 0.25) is 0 Å². The number of hydrogen-bond acceptors (Lipinski definition) is 4. The lowest BCUT2D eigenvalue weighted by molar-refractivity contribution is -0.117. The van der Waals surface area contributed by atoms with Crippen LogP contribution in [0.15, 0.2) is 15.0 Å². The fourth-order valence-corrected chi connectivity index (χ4v) is 1.67. The summed E-state index contributed by atoms with van der Waals surface area (Å²) in [5.74, 6) is -0.526. The number of nitrogens with two attached hydrogens (primary N) is 1. The minimum atomic E-state index is -3.79. The van der Waals surface area contributed by atoms with Crippen LogP contribution in [0, 0.1) is 0 Å². The topological polar surface area (TPSA) is 102 Å². The number of nitrogens with one attached hydrogen (secondary N) is 1. The van der Waals surface area contributed by atoms with E-state index >= 15 is 0 Å². The monoisotopic (exact) mass is 217 g/mol. The molecule has 1 aliphatic rings. The molecule has 0 aromatic carbocycles. The highest BCUT2D eigenvalue weighted by molar-refractivity contribution is 7.94. The largest absolute Gasteiger partial charge is 0.387 e. The first-order valence-corrected chi connectivity index (χ1v) is 5.39. The maximum Gasteiger partial charge on any atom is 0.298 e. The van der Waals surface area contributed by atoms with E-state index in [1.807, 2.05) is 0 Å². The summed E-state index contributed by atoms with van der Waals surface area (Å²) in [7, 11) is -3.79. The first kappa shape index (κ1) is 10.7. The average molecular weight is 217 g/mol. The molecule has 0 radical (unpaired) electrons. The zero-order valence-electron chi connectivity index (χ0n) is 7.81. The second-order valence-corrected chi connectivity index (χ2v) is 4.72. The Morgan fingerprint density at radius 1 is 1.57 bits per heavy atom. The van der Waals surface area contributed by atoms with E-state index in [0.29, 0.717) is 0 Å². The summed E-state index contributed by atoms with van der Waals surface area (Å²) < 4.78 is 25.1. The van der Waals surface area contributed by atoms with E-state index in [4.69, 9.17) is 5.73 Å². The van der Waals surface area contributed by atoms with Crippen LogP contribution in [0.5, 0.6) is 0 Å². The van der Waals surface area contributed by atoms with E-state index < -0.39 is 21.0 Å². The molecule has 14 heavy (non-hydrogen) atoms. The Balaban J connectivity index is 2.97. The summed E-state index contributed by atoms with van der Waals surface area (Å²) in [6, 6.07) is -0.0838. The molecule has 0 aromatic heterocycles.